The first-order chi connectivity index (χ1) is 10.2. The summed E-state index contributed by atoms with van der Waals surface area (Å²) in [5.74, 6) is 0.204. The van der Waals surface area contributed by atoms with E-state index in [2.05, 4.69) is 20.2 Å². The number of amides is 2. The molecule has 0 bridgehead atoms. The predicted octanol–water partition coefficient (Wildman–Crippen LogP) is 2.07. The zero-order chi connectivity index (χ0) is 15.2. The Morgan fingerprint density at radius 1 is 1.43 bits per heavy atom. The molecule has 1 aliphatic rings. The molecule has 1 aliphatic heterocycles. The van der Waals surface area contributed by atoms with E-state index in [0.717, 1.165) is 12.1 Å². The number of hydrogen-bond donors (Lipinski definition) is 1. The number of amidine groups is 1. The van der Waals surface area contributed by atoms with Crippen LogP contribution in [-0.4, -0.2) is 34.6 Å². The highest BCUT2D eigenvalue weighted by Crippen LogP contribution is 2.19. The molecule has 0 saturated carbocycles. The summed E-state index contributed by atoms with van der Waals surface area (Å²) in [7, 11) is 0. The normalized spacial score (nSPS) is 15.9. The van der Waals surface area contributed by atoms with Crippen molar-refractivity contribution in [2.75, 3.05) is 11.6 Å². The molecule has 0 fully saturated rings. The molecule has 0 unspecified atom stereocenters. The zero-order valence-electron chi connectivity index (χ0n) is 11.9. The molecular weight excluding hydrogens is 268 g/mol. The largest absolute Gasteiger partial charge is 0.382 e. The Morgan fingerprint density at radius 2 is 2.14 bits per heavy atom. The first-order valence-corrected chi connectivity index (χ1v) is 6.67. The number of nitrogens with one attached hydrogen (secondary N) is 1. The standard InChI is InChI=1S/C14H16N6O/c1-3-9-16-14(21)17-13-12(18-15)10(2)19-20(13)11-7-5-4-6-8-11/h4-8H,3,9H2,1-2H3,(H,16,21)/b17-13+. The van der Waals surface area contributed by atoms with Crippen LogP contribution >= 0.6 is 0 Å². The maximum atomic E-state index is 11.8. The molecule has 7 heteroatoms. The van der Waals surface area contributed by atoms with Crippen molar-refractivity contribution in [2.24, 2.45) is 10.1 Å². The average molecular weight is 284 g/mol. The molecule has 108 valence electrons. The number of rotatable bonds is 3. The average Bonchev–Trinajstić information content (AvgIpc) is 2.81. The third-order valence-corrected chi connectivity index (χ3v) is 2.84. The van der Waals surface area contributed by atoms with Crippen LogP contribution in [0, 0.1) is 0 Å². The Labute approximate surface area is 122 Å². The summed E-state index contributed by atoms with van der Waals surface area (Å²) in [6, 6.07) is 8.75. The molecule has 0 spiro atoms. The smallest absolute Gasteiger partial charge is 0.361 e. The molecule has 1 aromatic carbocycles. The van der Waals surface area contributed by atoms with E-state index in [1.54, 1.807) is 6.92 Å². The molecule has 0 saturated heterocycles. The molecule has 21 heavy (non-hydrogen) atoms. The van der Waals surface area contributed by atoms with E-state index in [1.165, 1.54) is 5.01 Å². The lowest BCUT2D eigenvalue weighted by molar-refractivity contribution is 0.00186. The Morgan fingerprint density at radius 3 is 2.76 bits per heavy atom. The van der Waals surface area contributed by atoms with Gasteiger partial charge < -0.3 is 10.8 Å². The molecule has 7 nitrogen and oxygen atoms in total. The molecule has 1 aromatic rings. The number of hydrazone groups is 1. The van der Waals surface area contributed by atoms with Gasteiger partial charge in [0.2, 0.25) is 0 Å². The minimum Gasteiger partial charge on any atom is -0.361 e. The van der Waals surface area contributed by atoms with Gasteiger partial charge in [-0.05, 0) is 25.5 Å². The summed E-state index contributed by atoms with van der Waals surface area (Å²) in [4.78, 5) is 18.9. The number of benzene rings is 1. The topological polar surface area (TPSA) is 93.5 Å². The molecule has 1 heterocycles. The molecule has 2 amide bonds. The Balaban J connectivity index is 2.37. The van der Waals surface area contributed by atoms with E-state index in [9.17, 15) is 4.79 Å². The second-order valence-electron chi connectivity index (χ2n) is 4.45. The number of aliphatic imine (C=N–C) groups is 1. The fourth-order valence-corrected chi connectivity index (χ4v) is 1.84. The molecule has 0 radical (unpaired) electrons. The van der Waals surface area contributed by atoms with E-state index in [-0.39, 0.29) is 11.5 Å². The number of anilines is 1. The lowest BCUT2D eigenvalue weighted by atomic mass is 10.2. The highest BCUT2D eigenvalue weighted by atomic mass is 16.2. The Hall–Kier alpha value is -2.79. The minimum absolute atomic E-state index is 0.186. The monoisotopic (exact) mass is 284 g/mol. The number of nitrogens with zero attached hydrogens (tertiary/aromatic N) is 5. The van der Waals surface area contributed by atoms with Gasteiger partial charge in [0, 0.05) is 6.54 Å². The Bertz CT molecular complexity index is 643. The van der Waals surface area contributed by atoms with Crippen molar-refractivity contribution in [3.05, 3.63) is 35.9 Å². The van der Waals surface area contributed by atoms with Gasteiger partial charge >= 0.3 is 11.7 Å². The highest BCUT2D eigenvalue weighted by Gasteiger charge is 2.36. The predicted molar refractivity (Wildman–Crippen MR) is 81.8 cm³/mol. The number of carbonyl (C=O) groups excluding carboxylic acids is 1. The van der Waals surface area contributed by atoms with Crippen LogP contribution in [0.5, 0.6) is 0 Å². The van der Waals surface area contributed by atoms with E-state index >= 15 is 0 Å². The third-order valence-electron chi connectivity index (χ3n) is 2.84. The van der Waals surface area contributed by atoms with Gasteiger partial charge in [0.15, 0.2) is 5.71 Å². The third kappa shape index (κ3) is 3.21. The maximum Gasteiger partial charge on any atom is 0.382 e. The Kier molecular flexibility index (Phi) is 4.58. The minimum atomic E-state index is -0.487. The van der Waals surface area contributed by atoms with Crippen molar-refractivity contribution in [1.29, 1.82) is 0 Å². The zero-order valence-corrected chi connectivity index (χ0v) is 11.9. The highest BCUT2D eigenvalue weighted by molar-refractivity contribution is 6.71. The van der Waals surface area contributed by atoms with Crippen molar-refractivity contribution in [2.45, 2.75) is 20.3 Å². The maximum absolute atomic E-state index is 11.8. The molecule has 2 rings (SSSR count). The van der Waals surface area contributed by atoms with Gasteiger partial charge in [-0.2, -0.15) is 14.9 Å². The summed E-state index contributed by atoms with van der Waals surface area (Å²) in [5.41, 5.74) is 10.5. The van der Waals surface area contributed by atoms with Crippen LogP contribution in [0.25, 0.3) is 5.53 Å². The quantitative estimate of drug-likeness (QED) is 0.679. The summed E-state index contributed by atoms with van der Waals surface area (Å²) in [6.45, 7) is 4.18. The van der Waals surface area contributed by atoms with Crippen LogP contribution in [0.2, 0.25) is 0 Å². The number of urea groups is 1. The van der Waals surface area contributed by atoms with Crippen molar-refractivity contribution in [3.63, 3.8) is 0 Å². The molecule has 0 atom stereocenters. The SMILES string of the molecule is CCCNC(=O)/N=C1\C(=[N+]=[N-])C(C)=NN1c1ccccc1. The van der Waals surface area contributed by atoms with Crippen LogP contribution in [0.4, 0.5) is 10.5 Å². The van der Waals surface area contributed by atoms with Crippen LogP contribution in [-0.2, 0) is 0 Å². The molecular formula is C14H16N6O. The van der Waals surface area contributed by atoms with E-state index < -0.39 is 6.03 Å². The van der Waals surface area contributed by atoms with E-state index in [1.807, 2.05) is 37.3 Å². The lowest BCUT2D eigenvalue weighted by Gasteiger charge is -2.12. The first-order valence-electron chi connectivity index (χ1n) is 6.67. The fraction of sp³-hybridized carbons (Fsp3) is 0.286. The van der Waals surface area contributed by atoms with Crippen LogP contribution < -0.4 is 10.3 Å². The number of hydrogen-bond acceptors (Lipinski definition) is 2. The van der Waals surface area contributed by atoms with Crippen LogP contribution in [0.15, 0.2) is 40.4 Å². The van der Waals surface area contributed by atoms with Crippen molar-refractivity contribution in [3.8, 4) is 0 Å². The van der Waals surface area contributed by atoms with Crippen LogP contribution in [0.1, 0.15) is 20.3 Å². The fourth-order valence-electron chi connectivity index (χ4n) is 1.84. The van der Waals surface area contributed by atoms with Gasteiger partial charge in [-0.1, -0.05) is 25.1 Å². The van der Waals surface area contributed by atoms with Crippen molar-refractivity contribution < 1.29 is 9.58 Å². The summed E-state index contributed by atoms with van der Waals surface area (Å²) >= 11 is 0. The summed E-state index contributed by atoms with van der Waals surface area (Å²) in [6.07, 6.45) is 0.815. The second-order valence-corrected chi connectivity index (χ2v) is 4.45. The molecule has 0 aliphatic carbocycles. The lowest BCUT2D eigenvalue weighted by Crippen LogP contribution is -2.32. The second kappa shape index (κ2) is 6.58. The van der Waals surface area contributed by atoms with Gasteiger partial charge in [-0.15, -0.1) is 0 Å². The molecule has 1 N–H and O–H groups in total. The van der Waals surface area contributed by atoms with E-state index in [0.29, 0.717) is 12.3 Å². The number of carbonyl (C=O) groups is 1. The van der Waals surface area contributed by atoms with Crippen molar-refractivity contribution in [1.82, 2.24) is 5.32 Å². The van der Waals surface area contributed by atoms with Gasteiger partial charge in [0.05, 0.1) is 5.69 Å². The van der Waals surface area contributed by atoms with Gasteiger partial charge in [-0.3, -0.25) is 0 Å². The van der Waals surface area contributed by atoms with Gasteiger partial charge in [0.1, 0.15) is 0 Å². The van der Waals surface area contributed by atoms with Crippen LogP contribution in [0.3, 0.4) is 0 Å². The first kappa shape index (κ1) is 14.6. The van der Waals surface area contributed by atoms with Gasteiger partial charge in [-0.25, -0.2) is 9.80 Å². The summed E-state index contributed by atoms with van der Waals surface area (Å²) in [5, 5.41) is 8.41. The number of para-hydroxylation sites is 1. The van der Waals surface area contributed by atoms with E-state index in [4.69, 9.17) is 5.53 Å². The summed E-state index contributed by atoms with van der Waals surface area (Å²) < 4.78 is 0. The molecule has 0 aromatic heterocycles. The van der Waals surface area contributed by atoms with Gasteiger partial charge in [0.25, 0.3) is 5.84 Å². The van der Waals surface area contributed by atoms with Crippen molar-refractivity contribution >= 4 is 29.0 Å².